The topological polar surface area (TPSA) is 88.2 Å². The summed E-state index contributed by atoms with van der Waals surface area (Å²) in [6.07, 6.45) is 6.03. The molecule has 37 heavy (non-hydrogen) atoms. The van der Waals surface area contributed by atoms with Gasteiger partial charge in [0.05, 0.1) is 35.8 Å². The van der Waals surface area contributed by atoms with Crippen molar-refractivity contribution in [3.05, 3.63) is 129 Å². The fourth-order valence-corrected chi connectivity index (χ4v) is 4.13. The Kier molecular flexibility index (Phi) is 6.83. The second kappa shape index (κ2) is 10.5. The Labute approximate surface area is 217 Å². The van der Waals surface area contributed by atoms with Crippen molar-refractivity contribution in [1.29, 1.82) is 0 Å². The molecular formula is C28H21ClN4O4. The molecule has 0 spiro atoms. The van der Waals surface area contributed by atoms with Crippen molar-refractivity contribution >= 4 is 11.6 Å². The predicted octanol–water partition coefficient (Wildman–Crippen LogP) is 4.69. The van der Waals surface area contributed by atoms with Gasteiger partial charge in [-0.3, -0.25) is 14.3 Å². The normalized spacial score (nSPS) is 10.8. The third-order valence-electron chi connectivity index (χ3n) is 5.63. The lowest BCUT2D eigenvalue weighted by Gasteiger charge is -2.15. The molecule has 5 rings (SSSR count). The Morgan fingerprint density at radius 1 is 0.892 bits per heavy atom. The van der Waals surface area contributed by atoms with E-state index in [0.717, 1.165) is 10.1 Å². The van der Waals surface area contributed by atoms with Crippen LogP contribution in [0.15, 0.2) is 107 Å². The highest BCUT2D eigenvalue weighted by Gasteiger charge is 2.19. The first-order chi connectivity index (χ1) is 18.0. The van der Waals surface area contributed by atoms with E-state index >= 15 is 0 Å². The second-order valence-corrected chi connectivity index (χ2v) is 8.46. The van der Waals surface area contributed by atoms with Crippen LogP contribution in [-0.2, 0) is 6.61 Å². The molecule has 5 aromatic rings. The standard InChI is InChI=1S/C28H21ClN4O4/c1-36-26-24(10-6-12-31-26)25-17-32(28(35)33(27(25)34)21-9-5-11-30-16-21)22-13-20(29)14-23(15-22)37-18-19-7-3-2-4-8-19/h2-17H,18H2,1H3. The van der Waals surface area contributed by atoms with E-state index in [1.807, 2.05) is 30.3 Å². The molecule has 0 saturated carbocycles. The fourth-order valence-electron chi connectivity index (χ4n) is 3.91. The van der Waals surface area contributed by atoms with Gasteiger partial charge >= 0.3 is 5.69 Å². The maximum Gasteiger partial charge on any atom is 0.340 e. The monoisotopic (exact) mass is 512 g/mol. The number of rotatable bonds is 7. The van der Waals surface area contributed by atoms with Crippen LogP contribution >= 0.6 is 11.6 Å². The number of aromatic nitrogens is 4. The number of ether oxygens (including phenoxy) is 2. The van der Waals surface area contributed by atoms with Crippen molar-refractivity contribution in [2.24, 2.45) is 0 Å². The van der Waals surface area contributed by atoms with Crippen LogP contribution < -0.4 is 20.7 Å². The van der Waals surface area contributed by atoms with E-state index in [-0.39, 0.29) is 11.4 Å². The fraction of sp³-hybridized carbons (Fsp3) is 0.0714. The van der Waals surface area contributed by atoms with Gasteiger partial charge in [0.25, 0.3) is 5.56 Å². The van der Waals surface area contributed by atoms with Gasteiger partial charge in [-0.05, 0) is 42.0 Å². The maximum atomic E-state index is 13.7. The van der Waals surface area contributed by atoms with Crippen molar-refractivity contribution in [1.82, 2.24) is 19.1 Å². The zero-order valence-electron chi connectivity index (χ0n) is 19.7. The van der Waals surface area contributed by atoms with Crippen LogP contribution in [0.25, 0.3) is 22.5 Å². The Morgan fingerprint density at radius 2 is 1.70 bits per heavy atom. The minimum atomic E-state index is -0.596. The first-order valence-electron chi connectivity index (χ1n) is 11.3. The molecule has 0 N–H and O–H groups in total. The molecule has 0 aliphatic carbocycles. The third kappa shape index (κ3) is 5.00. The molecule has 0 bridgehead atoms. The Hall–Kier alpha value is -4.69. The highest BCUT2D eigenvalue weighted by atomic mass is 35.5. The van der Waals surface area contributed by atoms with Gasteiger partial charge in [-0.15, -0.1) is 0 Å². The summed E-state index contributed by atoms with van der Waals surface area (Å²) in [6.45, 7) is 0.322. The summed E-state index contributed by atoms with van der Waals surface area (Å²) in [4.78, 5) is 35.6. The van der Waals surface area contributed by atoms with Crippen LogP contribution in [0.5, 0.6) is 11.6 Å². The lowest BCUT2D eigenvalue weighted by Crippen LogP contribution is -2.38. The molecule has 0 fully saturated rings. The number of benzene rings is 2. The zero-order valence-corrected chi connectivity index (χ0v) is 20.5. The number of methoxy groups -OCH3 is 1. The third-order valence-corrected chi connectivity index (χ3v) is 5.85. The van der Waals surface area contributed by atoms with Gasteiger partial charge in [-0.25, -0.2) is 14.3 Å². The maximum absolute atomic E-state index is 13.7. The molecule has 0 amide bonds. The van der Waals surface area contributed by atoms with Crippen LogP contribution in [0.3, 0.4) is 0 Å². The molecule has 0 atom stereocenters. The predicted molar refractivity (Wildman–Crippen MR) is 141 cm³/mol. The van der Waals surface area contributed by atoms with Crippen LogP contribution in [0.1, 0.15) is 5.56 Å². The van der Waals surface area contributed by atoms with E-state index in [1.54, 1.807) is 54.9 Å². The Balaban J connectivity index is 1.69. The van der Waals surface area contributed by atoms with E-state index in [4.69, 9.17) is 21.1 Å². The summed E-state index contributed by atoms with van der Waals surface area (Å²) in [5, 5.41) is 0.368. The average molecular weight is 513 g/mol. The highest BCUT2D eigenvalue weighted by Crippen LogP contribution is 2.27. The van der Waals surface area contributed by atoms with Gasteiger partial charge < -0.3 is 9.47 Å². The van der Waals surface area contributed by atoms with Gasteiger partial charge in [0.15, 0.2) is 0 Å². The van der Waals surface area contributed by atoms with Crippen molar-refractivity contribution in [3.63, 3.8) is 0 Å². The Morgan fingerprint density at radius 3 is 2.46 bits per heavy atom. The molecule has 2 aromatic carbocycles. The molecule has 3 aromatic heterocycles. The molecular weight excluding hydrogens is 492 g/mol. The SMILES string of the molecule is COc1ncccc1-c1cn(-c2cc(Cl)cc(OCc3ccccc3)c2)c(=O)n(-c2cccnc2)c1=O. The summed E-state index contributed by atoms with van der Waals surface area (Å²) in [5.74, 6) is 0.721. The number of halogens is 1. The average Bonchev–Trinajstić information content (AvgIpc) is 2.93. The second-order valence-electron chi connectivity index (χ2n) is 8.03. The molecule has 9 heteroatoms. The van der Waals surface area contributed by atoms with E-state index in [0.29, 0.717) is 34.3 Å². The molecule has 0 saturated heterocycles. The van der Waals surface area contributed by atoms with E-state index in [1.165, 1.54) is 24.1 Å². The zero-order chi connectivity index (χ0) is 25.8. The van der Waals surface area contributed by atoms with Crippen LogP contribution in [-0.4, -0.2) is 26.2 Å². The summed E-state index contributed by atoms with van der Waals surface area (Å²) >= 11 is 6.42. The number of hydrogen-bond acceptors (Lipinski definition) is 6. The minimum absolute atomic E-state index is 0.208. The molecule has 8 nitrogen and oxygen atoms in total. The minimum Gasteiger partial charge on any atom is -0.489 e. The largest absolute Gasteiger partial charge is 0.489 e. The number of pyridine rings is 2. The molecule has 184 valence electrons. The lowest BCUT2D eigenvalue weighted by molar-refractivity contribution is 0.306. The molecule has 0 aliphatic rings. The lowest BCUT2D eigenvalue weighted by atomic mass is 10.1. The first-order valence-corrected chi connectivity index (χ1v) is 11.7. The van der Waals surface area contributed by atoms with Crippen molar-refractivity contribution in [2.45, 2.75) is 6.61 Å². The van der Waals surface area contributed by atoms with E-state index in [2.05, 4.69) is 9.97 Å². The first kappa shape index (κ1) is 24.0. The molecule has 0 unspecified atom stereocenters. The van der Waals surface area contributed by atoms with Crippen LogP contribution in [0.4, 0.5) is 0 Å². The van der Waals surface area contributed by atoms with Gasteiger partial charge in [0.2, 0.25) is 5.88 Å². The van der Waals surface area contributed by atoms with Gasteiger partial charge in [0, 0.05) is 29.7 Å². The number of nitrogens with zero attached hydrogens (tertiary/aromatic N) is 4. The summed E-state index contributed by atoms with van der Waals surface area (Å²) in [7, 11) is 1.47. The van der Waals surface area contributed by atoms with Crippen LogP contribution in [0.2, 0.25) is 5.02 Å². The summed E-state index contributed by atoms with van der Waals surface area (Å²) in [5.41, 5.74) is 1.23. The van der Waals surface area contributed by atoms with Crippen molar-refractivity contribution in [2.75, 3.05) is 7.11 Å². The smallest absolute Gasteiger partial charge is 0.340 e. The van der Waals surface area contributed by atoms with Crippen LogP contribution in [0, 0.1) is 0 Å². The summed E-state index contributed by atoms with van der Waals surface area (Å²) < 4.78 is 13.7. The van der Waals surface area contributed by atoms with Gasteiger partial charge in [-0.1, -0.05) is 41.9 Å². The molecule has 3 heterocycles. The van der Waals surface area contributed by atoms with Gasteiger partial charge in [0.1, 0.15) is 12.4 Å². The van der Waals surface area contributed by atoms with E-state index < -0.39 is 11.2 Å². The van der Waals surface area contributed by atoms with E-state index in [9.17, 15) is 9.59 Å². The van der Waals surface area contributed by atoms with Gasteiger partial charge in [-0.2, -0.15) is 0 Å². The molecule has 0 aliphatic heterocycles. The summed E-state index contributed by atoms with van der Waals surface area (Å²) in [6, 6.07) is 21.4. The quantitative estimate of drug-likeness (QED) is 0.314. The van der Waals surface area contributed by atoms with Crippen molar-refractivity contribution in [3.8, 4) is 34.1 Å². The highest BCUT2D eigenvalue weighted by molar-refractivity contribution is 6.30. The Bertz CT molecular complexity index is 1670. The van der Waals surface area contributed by atoms with Crippen molar-refractivity contribution < 1.29 is 9.47 Å². The number of hydrogen-bond donors (Lipinski definition) is 0. The molecule has 0 radical (unpaired) electrons.